The fourth-order valence-electron chi connectivity index (χ4n) is 4.82. The van der Waals surface area contributed by atoms with Gasteiger partial charge in [0.1, 0.15) is 5.78 Å². The van der Waals surface area contributed by atoms with Crippen molar-refractivity contribution in [3.63, 3.8) is 0 Å². The number of hydrogen-bond donors (Lipinski definition) is 0. The smallest absolute Gasteiger partial charge is 0.136 e. The molecule has 0 amide bonds. The third-order valence-electron chi connectivity index (χ3n) is 5.89. The van der Waals surface area contributed by atoms with Crippen LogP contribution in [0.3, 0.4) is 0 Å². The lowest BCUT2D eigenvalue weighted by Gasteiger charge is -2.42. The molecular formula is C17H30O. The molecular weight excluding hydrogens is 220 g/mol. The van der Waals surface area contributed by atoms with Gasteiger partial charge in [-0.05, 0) is 42.9 Å². The number of ketones is 1. The van der Waals surface area contributed by atoms with Gasteiger partial charge in [-0.25, -0.2) is 0 Å². The van der Waals surface area contributed by atoms with Crippen molar-refractivity contribution in [1.82, 2.24) is 0 Å². The van der Waals surface area contributed by atoms with Crippen LogP contribution in [-0.2, 0) is 4.79 Å². The van der Waals surface area contributed by atoms with Crippen molar-refractivity contribution in [2.24, 2.45) is 23.2 Å². The van der Waals surface area contributed by atoms with Crippen LogP contribution in [-0.4, -0.2) is 5.78 Å². The second-order valence-electron chi connectivity index (χ2n) is 7.04. The molecule has 2 rings (SSSR count). The average Bonchev–Trinajstić information content (AvgIpc) is 2.68. The van der Waals surface area contributed by atoms with E-state index >= 15 is 0 Å². The Morgan fingerprint density at radius 1 is 1.33 bits per heavy atom. The Balaban J connectivity index is 1.99. The van der Waals surface area contributed by atoms with Crippen LogP contribution < -0.4 is 0 Å². The molecule has 4 atom stereocenters. The van der Waals surface area contributed by atoms with Gasteiger partial charge in [-0.2, -0.15) is 0 Å². The SMILES string of the molecule is CCCCC[C@@H](C)[C@H]1CC[C@H]2C(=O)CCC[C@]12C. The fraction of sp³-hybridized carbons (Fsp3) is 0.941. The Morgan fingerprint density at radius 2 is 2.11 bits per heavy atom. The zero-order valence-electron chi connectivity index (χ0n) is 12.5. The molecule has 0 N–H and O–H groups in total. The minimum atomic E-state index is 0.348. The normalized spacial score (nSPS) is 37.6. The van der Waals surface area contributed by atoms with Gasteiger partial charge in [0.05, 0.1) is 0 Å². The molecule has 0 radical (unpaired) electrons. The van der Waals surface area contributed by atoms with E-state index in [1.807, 2.05) is 0 Å². The molecule has 0 aromatic heterocycles. The van der Waals surface area contributed by atoms with Crippen molar-refractivity contribution in [1.29, 1.82) is 0 Å². The number of unbranched alkanes of at least 4 members (excludes halogenated alkanes) is 2. The summed E-state index contributed by atoms with van der Waals surface area (Å²) in [7, 11) is 0. The highest BCUT2D eigenvalue weighted by atomic mass is 16.1. The number of carbonyl (C=O) groups is 1. The zero-order valence-corrected chi connectivity index (χ0v) is 12.5. The number of fused-ring (bicyclic) bond motifs is 1. The first-order valence-corrected chi connectivity index (χ1v) is 8.12. The number of Topliss-reactive ketones (excluding diaryl/α,β-unsaturated/α-hetero) is 1. The summed E-state index contributed by atoms with van der Waals surface area (Å²) < 4.78 is 0. The third kappa shape index (κ3) is 2.51. The van der Waals surface area contributed by atoms with Gasteiger partial charge < -0.3 is 0 Å². The van der Waals surface area contributed by atoms with Gasteiger partial charge in [-0.15, -0.1) is 0 Å². The first kappa shape index (κ1) is 14.1. The largest absolute Gasteiger partial charge is 0.299 e. The first-order chi connectivity index (χ1) is 8.59. The van der Waals surface area contributed by atoms with Crippen molar-refractivity contribution in [2.75, 3.05) is 0 Å². The highest BCUT2D eigenvalue weighted by Crippen LogP contribution is 2.57. The van der Waals surface area contributed by atoms with E-state index < -0.39 is 0 Å². The average molecular weight is 250 g/mol. The monoisotopic (exact) mass is 250 g/mol. The molecule has 0 aliphatic heterocycles. The predicted octanol–water partition coefficient (Wildman–Crippen LogP) is 4.99. The van der Waals surface area contributed by atoms with Crippen molar-refractivity contribution in [3.05, 3.63) is 0 Å². The highest BCUT2D eigenvalue weighted by molar-refractivity contribution is 5.83. The number of carbonyl (C=O) groups excluding carboxylic acids is 1. The lowest BCUT2D eigenvalue weighted by atomic mass is 9.62. The van der Waals surface area contributed by atoms with E-state index in [2.05, 4.69) is 20.8 Å². The Morgan fingerprint density at radius 3 is 2.83 bits per heavy atom. The maximum Gasteiger partial charge on any atom is 0.136 e. The second-order valence-corrected chi connectivity index (χ2v) is 7.04. The fourth-order valence-corrected chi connectivity index (χ4v) is 4.82. The van der Waals surface area contributed by atoms with Crippen molar-refractivity contribution < 1.29 is 4.79 Å². The van der Waals surface area contributed by atoms with Crippen LogP contribution in [0.1, 0.15) is 78.6 Å². The summed E-state index contributed by atoms with van der Waals surface area (Å²) in [5, 5.41) is 0. The minimum Gasteiger partial charge on any atom is -0.299 e. The minimum absolute atomic E-state index is 0.348. The summed E-state index contributed by atoms with van der Waals surface area (Å²) in [6.45, 7) is 7.13. The molecule has 0 unspecified atom stereocenters. The highest BCUT2D eigenvalue weighted by Gasteiger charge is 2.52. The van der Waals surface area contributed by atoms with Crippen LogP contribution in [0.2, 0.25) is 0 Å². The van der Waals surface area contributed by atoms with Gasteiger partial charge in [-0.3, -0.25) is 4.79 Å². The van der Waals surface area contributed by atoms with E-state index in [9.17, 15) is 4.79 Å². The summed E-state index contributed by atoms with van der Waals surface area (Å²) >= 11 is 0. The van der Waals surface area contributed by atoms with Gasteiger partial charge in [-0.1, -0.05) is 46.5 Å². The van der Waals surface area contributed by atoms with Crippen molar-refractivity contribution in [2.45, 2.75) is 78.6 Å². The van der Waals surface area contributed by atoms with Crippen LogP contribution in [0.15, 0.2) is 0 Å². The van der Waals surface area contributed by atoms with E-state index in [0.717, 1.165) is 24.7 Å². The molecule has 1 nitrogen and oxygen atoms in total. The van der Waals surface area contributed by atoms with Gasteiger partial charge >= 0.3 is 0 Å². The predicted molar refractivity (Wildman–Crippen MR) is 76.5 cm³/mol. The lowest BCUT2D eigenvalue weighted by Crippen LogP contribution is -2.39. The lowest BCUT2D eigenvalue weighted by molar-refractivity contribution is -0.130. The molecule has 18 heavy (non-hydrogen) atoms. The van der Waals surface area contributed by atoms with E-state index in [4.69, 9.17) is 0 Å². The van der Waals surface area contributed by atoms with Crippen LogP contribution in [0.25, 0.3) is 0 Å². The third-order valence-corrected chi connectivity index (χ3v) is 5.89. The summed E-state index contributed by atoms with van der Waals surface area (Å²) in [6, 6.07) is 0. The Kier molecular flexibility index (Phi) is 4.50. The summed E-state index contributed by atoms with van der Waals surface area (Å²) in [5.74, 6) is 2.61. The van der Waals surface area contributed by atoms with Gasteiger partial charge in [0, 0.05) is 12.3 Å². The molecule has 0 aromatic carbocycles. The van der Waals surface area contributed by atoms with Gasteiger partial charge in [0.15, 0.2) is 0 Å². The van der Waals surface area contributed by atoms with Crippen LogP contribution in [0, 0.1) is 23.2 Å². The maximum atomic E-state index is 12.1. The molecule has 2 fully saturated rings. The molecule has 0 heterocycles. The van der Waals surface area contributed by atoms with Crippen molar-refractivity contribution >= 4 is 5.78 Å². The van der Waals surface area contributed by atoms with Gasteiger partial charge in [0.25, 0.3) is 0 Å². The Bertz CT molecular complexity index is 296. The molecule has 2 saturated carbocycles. The zero-order chi connectivity index (χ0) is 13.2. The van der Waals surface area contributed by atoms with E-state index in [-0.39, 0.29) is 0 Å². The molecule has 104 valence electrons. The van der Waals surface area contributed by atoms with Crippen LogP contribution in [0.4, 0.5) is 0 Å². The Hall–Kier alpha value is -0.330. The summed E-state index contributed by atoms with van der Waals surface area (Å²) in [6.07, 6.45) is 11.2. The van der Waals surface area contributed by atoms with Crippen LogP contribution >= 0.6 is 0 Å². The first-order valence-electron chi connectivity index (χ1n) is 8.12. The molecule has 2 aliphatic carbocycles. The molecule has 2 aliphatic rings. The standard InChI is InChI=1S/C17H30O/c1-4-5-6-8-13(2)14-10-11-15-16(18)9-7-12-17(14,15)3/h13-15H,4-12H2,1-3H3/t13-,14-,15+,17-/m1/s1. The molecule has 0 bridgehead atoms. The van der Waals surface area contributed by atoms with E-state index in [1.165, 1.54) is 44.9 Å². The van der Waals surface area contributed by atoms with Crippen molar-refractivity contribution in [3.8, 4) is 0 Å². The summed E-state index contributed by atoms with van der Waals surface area (Å²) in [4.78, 5) is 12.1. The number of hydrogen-bond acceptors (Lipinski definition) is 1. The van der Waals surface area contributed by atoms with Gasteiger partial charge in [0.2, 0.25) is 0 Å². The topological polar surface area (TPSA) is 17.1 Å². The molecule has 0 aromatic rings. The molecule has 1 heteroatoms. The molecule has 0 saturated heterocycles. The van der Waals surface area contributed by atoms with E-state index in [1.54, 1.807) is 0 Å². The number of rotatable bonds is 5. The summed E-state index contributed by atoms with van der Waals surface area (Å²) in [5.41, 5.74) is 0.348. The van der Waals surface area contributed by atoms with E-state index in [0.29, 0.717) is 17.1 Å². The second kappa shape index (κ2) is 5.75. The quantitative estimate of drug-likeness (QED) is 0.628. The van der Waals surface area contributed by atoms with Crippen LogP contribution in [0.5, 0.6) is 0 Å². The molecule has 0 spiro atoms. The maximum absolute atomic E-state index is 12.1. The Labute approximate surface area is 113 Å².